The lowest BCUT2D eigenvalue weighted by molar-refractivity contribution is -0.137. The number of nitrogens with one attached hydrogen (secondary N) is 1. The van der Waals surface area contributed by atoms with E-state index in [0.29, 0.717) is 5.82 Å². The van der Waals surface area contributed by atoms with Crippen LogP contribution in [-0.4, -0.2) is 54.4 Å². The zero-order chi connectivity index (χ0) is 26.7. The molecule has 0 unspecified atom stereocenters. The van der Waals surface area contributed by atoms with Crippen LogP contribution in [0.4, 0.5) is 19.0 Å². The largest absolute Gasteiger partial charge is 0.461 e. The summed E-state index contributed by atoms with van der Waals surface area (Å²) in [5, 5.41) is 6.64. The van der Waals surface area contributed by atoms with E-state index >= 15 is 0 Å². The van der Waals surface area contributed by atoms with Crippen LogP contribution >= 0.6 is 11.6 Å². The molecule has 194 valence electrons. The van der Waals surface area contributed by atoms with E-state index in [1.807, 2.05) is 6.92 Å². The molecule has 0 aliphatic carbocycles. The molecule has 0 aromatic carbocycles. The van der Waals surface area contributed by atoms with E-state index < -0.39 is 29.6 Å². The number of aryl methyl sites for hydroxylation is 1. The SMILES string of the molecule is Cc1ccc(NC(=O)[C@H](COC(C)C)Oc2ncnc3c2cnn3-c2ncc(Cl)cc2C(F)(F)F)nc1. The third-order valence-corrected chi connectivity index (χ3v) is 5.17. The molecular formula is C23H21ClF3N7O3. The maximum absolute atomic E-state index is 13.7. The summed E-state index contributed by atoms with van der Waals surface area (Å²) in [4.78, 5) is 29.1. The van der Waals surface area contributed by atoms with Gasteiger partial charge in [-0.2, -0.15) is 23.0 Å². The zero-order valence-electron chi connectivity index (χ0n) is 19.8. The molecule has 0 saturated heterocycles. The third-order valence-electron chi connectivity index (χ3n) is 4.96. The summed E-state index contributed by atoms with van der Waals surface area (Å²) in [6.45, 7) is 5.31. The highest BCUT2D eigenvalue weighted by Crippen LogP contribution is 2.35. The lowest BCUT2D eigenvalue weighted by Gasteiger charge is -2.19. The third kappa shape index (κ3) is 6.12. The minimum atomic E-state index is -4.75. The molecular weight excluding hydrogens is 515 g/mol. The number of fused-ring (bicyclic) bond motifs is 1. The normalized spacial score (nSPS) is 12.6. The number of hydrogen-bond donors (Lipinski definition) is 1. The van der Waals surface area contributed by atoms with E-state index in [9.17, 15) is 18.0 Å². The van der Waals surface area contributed by atoms with Crippen molar-refractivity contribution in [2.75, 3.05) is 11.9 Å². The molecule has 0 radical (unpaired) electrons. The zero-order valence-corrected chi connectivity index (χ0v) is 20.6. The minimum Gasteiger partial charge on any atom is -0.461 e. The van der Waals surface area contributed by atoms with Crippen molar-refractivity contribution in [2.45, 2.75) is 39.2 Å². The summed E-state index contributed by atoms with van der Waals surface area (Å²) in [5.41, 5.74) is -0.202. The summed E-state index contributed by atoms with van der Waals surface area (Å²) in [6, 6.07) is 4.17. The van der Waals surface area contributed by atoms with Crippen molar-refractivity contribution >= 4 is 34.4 Å². The fraction of sp³-hybridized carbons (Fsp3) is 0.304. The molecule has 1 amide bonds. The Balaban J connectivity index is 1.68. The number of alkyl halides is 3. The number of anilines is 1. The second-order valence-corrected chi connectivity index (χ2v) is 8.63. The first kappa shape index (κ1) is 26.2. The average Bonchev–Trinajstić information content (AvgIpc) is 3.27. The Bertz CT molecular complexity index is 1410. The molecule has 1 atom stereocenters. The number of amides is 1. The first-order chi connectivity index (χ1) is 17.5. The van der Waals surface area contributed by atoms with Crippen LogP contribution in [0.2, 0.25) is 5.02 Å². The fourth-order valence-electron chi connectivity index (χ4n) is 3.21. The lowest BCUT2D eigenvalue weighted by atomic mass is 10.2. The molecule has 37 heavy (non-hydrogen) atoms. The van der Waals surface area contributed by atoms with E-state index in [0.717, 1.165) is 28.8 Å². The molecule has 0 saturated carbocycles. The topological polar surface area (TPSA) is 117 Å². The molecule has 0 aliphatic heterocycles. The molecule has 0 fully saturated rings. The van der Waals surface area contributed by atoms with Gasteiger partial charge in [0.1, 0.15) is 23.1 Å². The van der Waals surface area contributed by atoms with Crippen LogP contribution in [0, 0.1) is 6.92 Å². The number of carbonyl (C=O) groups is 1. The van der Waals surface area contributed by atoms with Crippen LogP contribution in [0.15, 0.2) is 43.1 Å². The second-order valence-electron chi connectivity index (χ2n) is 8.19. The predicted octanol–water partition coefficient (Wildman–Crippen LogP) is 4.40. The van der Waals surface area contributed by atoms with E-state index in [1.165, 1.54) is 6.20 Å². The number of nitrogens with zero attached hydrogens (tertiary/aromatic N) is 6. The van der Waals surface area contributed by atoms with Crippen molar-refractivity contribution < 1.29 is 27.4 Å². The predicted molar refractivity (Wildman–Crippen MR) is 128 cm³/mol. The summed E-state index contributed by atoms with van der Waals surface area (Å²) in [7, 11) is 0. The molecule has 10 nitrogen and oxygen atoms in total. The van der Waals surface area contributed by atoms with Crippen molar-refractivity contribution in [1.29, 1.82) is 0 Å². The average molecular weight is 536 g/mol. The molecule has 4 aromatic rings. The molecule has 1 N–H and O–H groups in total. The van der Waals surface area contributed by atoms with Crippen LogP contribution in [0.5, 0.6) is 5.88 Å². The van der Waals surface area contributed by atoms with Gasteiger partial charge < -0.3 is 14.8 Å². The monoisotopic (exact) mass is 535 g/mol. The molecule has 14 heteroatoms. The van der Waals surface area contributed by atoms with Crippen LogP contribution in [-0.2, 0) is 15.7 Å². The standard InChI is InChI=1S/C23H21ClF3N7O3/c1-12(2)36-10-17(21(35)33-18-5-4-13(3)7-28-18)37-22-15-9-32-34(19(15)30-11-31-22)20-16(23(25,26)27)6-14(24)8-29-20/h4-9,11-12,17H,10H2,1-3H3,(H,28,33,35)/t17-/m0/s1. The van der Waals surface area contributed by atoms with Gasteiger partial charge in [0.05, 0.1) is 23.9 Å². The van der Waals surface area contributed by atoms with Gasteiger partial charge in [-0.1, -0.05) is 17.7 Å². The summed E-state index contributed by atoms with van der Waals surface area (Å²) < 4.78 is 53.3. The van der Waals surface area contributed by atoms with Crippen molar-refractivity contribution in [3.63, 3.8) is 0 Å². The van der Waals surface area contributed by atoms with Crippen molar-refractivity contribution in [2.24, 2.45) is 0 Å². The van der Waals surface area contributed by atoms with Crippen LogP contribution in [0.3, 0.4) is 0 Å². The molecule has 0 bridgehead atoms. The number of pyridine rings is 2. The summed E-state index contributed by atoms with van der Waals surface area (Å²) in [6.07, 6.45) is -1.16. The Morgan fingerprint density at radius 3 is 2.59 bits per heavy atom. The Morgan fingerprint density at radius 1 is 1.14 bits per heavy atom. The number of rotatable bonds is 8. The Hall–Kier alpha value is -3.84. The quantitative estimate of drug-likeness (QED) is 0.353. The Kier molecular flexibility index (Phi) is 7.55. The lowest BCUT2D eigenvalue weighted by Crippen LogP contribution is -2.38. The summed E-state index contributed by atoms with van der Waals surface area (Å²) in [5.74, 6) is -0.861. The van der Waals surface area contributed by atoms with E-state index in [-0.39, 0.29) is 34.6 Å². The second kappa shape index (κ2) is 10.6. The van der Waals surface area contributed by atoms with Crippen molar-refractivity contribution in [3.05, 3.63) is 59.3 Å². The maximum Gasteiger partial charge on any atom is 0.420 e. The Labute approximate surface area is 213 Å². The number of ether oxygens (including phenoxy) is 2. The van der Waals surface area contributed by atoms with Gasteiger partial charge in [-0.15, -0.1) is 0 Å². The van der Waals surface area contributed by atoms with E-state index in [2.05, 4.69) is 30.4 Å². The van der Waals surface area contributed by atoms with Crippen molar-refractivity contribution in [3.8, 4) is 11.7 Å². The fourth-order valence-corrected chi connectivity index (χ4v) is 3.37. The molecule has 0 aliphatic rings. The van der Waals surface area contributed by atoms with Gasteiger partial charge in [-0.25, -0.2) is 19.9 Å². The van der Waals surface area contributed by atoms with Gasteiger partial charge in [0, 0.05) is 12.4 Å². The van der Waals surface area contributed by atoms with Gasteiger partial charge in [0.25, 0.3) is 5.91 Å². The number of hydrogen-bond acceptors (Lipinski definition) is 8. The molecule has 0 spiro atoms. The van der Waals surface area contributed by atoms with Crippen molar-refractivity contribution in [1.82, 2.24) is 29.7 Å². The van der Waals surface area contributed by atoms with Gasteiger partial charge >= 0.3 is 6.18 Å². The number of carbonyl (C=O) groups excluding carboxylic acids is 1. The number of aromatic nitrogens is 6. The minimum absolute atomic E-state index is 0.0190. The van der Waals surface area contributed by atoms with Crippen LogP contribution in [0.1, 0.15) is 25.0 Å². The molecule has 4 aromatic heterocycles. The first-order valence-corrected chi connectivity index (χ1v) is 11.3. The smallest absolute Gasteiger partial charge is 0.420 e. The highest BCUT2D eigenvalue weighted by molar-refractivity contribution is 6.30. The maximum atomic E-state index is 13.7. The van der Waals surface area contributed by atoms with E-state index in [4.69, 9.17) is 21.1 Å². The van der Waals surface area contributed by atoms with Gasteiger partial charge in [-0.05, 0) is 38.5 Å². The van der Waals surface area contributed by atoms with Gasteiger partial charge in [0.2, 0.25) is 12.0 Å². The van der Waals surface area contributed by atoms with Crippen LogP contribution < -0.4 is 10.1 Å². The molecule has 4 heterocycles. The van der Waals surface area contributed by atoms with E-state index in [1.54, 1.807) is 32.2 Å². The first-order valence-electron chi connectivity index (χ1n) is 11.0. The summed E-state index contributed by atoms with van der Waals surface area (Å²) >= 11 is 5.74. The van der Waals surface area contributed by atoms with Gasteiger partial charge in [0.15, 0.2) is 11.5 Å². The van der Waals surface area contributed by atoms with Gasteiger partial charge in [-0.3, -0.25) is 4.79 Å². The highest BCUT2D eigenvalue weighted by atomic mass is 35.5. The Morgan fingerprint density at radius 2 is 1.92 bits per heavy atom. The highest BCUT2D eigenvalue weighted by Gasteiger charge is 2.36. The van der Waals surface area contributed by atoms with Crippen LogP contribution in [0.25, 0.3) is 16.9 Å². The molecule has 4 rings (SSSR count). The number of halogens is 4.